The van der Waals surface area contributed by atoms with E-state index in [4.69, 9.17) is 5.14 Å². The maximum atomic E-state index is 10.8. The quantitative estimate of drug-likeness (QED) is 0.867. The minimum absolute atomic E-state index is 0.267. The molecule has 96 valence electrons. The lowest BCUT2D eigenvalue weighted by Crippen LogP contribution is -2.22. The van der Waals surface area contributed by atoms with Gasteiger partial charge in [-0.05, 0) is 44.5 Å². The highest BCUT2D eigenvalue weighted by Crippen LogP contribution is 2.24. The summed E-state index contributed by atoms with van der Waals surface area (Å²) in [5.74, 6) is 0.267. The molecule has 5 nitrogen and oxygen atoms in total. The number of rotatable bonds is 5. The van der Waals surface area contributed by atoms with Crippen molar-refractivity contribution >= 4 is 16.0 Å². The minimum atomic E-state index is -3.96. The third-order valence-electron chi connectivity index (χ3n) is 2.49. The van der Waals surface area contributed by atoms with Gasteiger partial charge >= 0.3 is 10.3 Å². The fraction of sp³-hybridized carbons (Fsp3) is 0.455. The number of hydrogen-bond acceptors (Lipinski definition) is 4. The van der Waals surface area contributed by atoms with Crippen LogP contribution in [0.25, 0.3) is 0 Å². The maximum absolute atomic E-state index is 10.8. The summed E-state index contributed by atoms with van der Waals surface area (Å²) in [4.78, 5) is 2.16. The van der Waals surface area contributed by atoms with Gasteiger partial charge in [-0.2, -0.15) is 13.6 Å². The van der Waals surface area contributed by atoms with Crippen LogP contribution in [0.4, 0.5) is 5.69 Å². The summed E-state index contributed by atoms with van der Waals surface area (Å²) in [5.41, 5.74) is 1.78. The van der Waals surface area contributed by atoms with Gasteiger partial charge in [-0.15, -0.1) is 0 Å². The SMILES string of the molecule is CCN(CC)c1ccc(OS(N)(=O)=O)c(C)c1. The maximum Gasteiger partial charge on any atom is 0.380 e. The number of nitrogens with two attached hydrogens (primary N) is 1. The molecule has 1 aromatic carbocycles. The zero-order valence-electron chi connectivity index (χ0n) is 10.3. The number of nitrogens with zero attached hydrogens (tertiary/aromatic N) is 1. The first-order valence-electron chi connectivity index (χ1n) is 5.45. The normalized spacial score (nSPS) is 11.3. The summed E-state index contributed by atoms with van der Waals surface area (Å²) in [7, 11) is -3.96. The Hall–Kier alpha value is -1.27. The Kier molecular flexibility index (Phi) is 4.36. The van der Waals surface area contributed by atoms with Gasteiger partial charge in [0.1, 0.15) is 5.75 Å². The Bertz CT molecular complexity index is 481. The molecule has 0 aliphatic carbocycles. The molecular weight excluding hydrogens is 240 g/mol. The van der Waals surface area contributed by atoms with E-state index in [2.05, 4.69) is 22.9 Å². The summed E-state index contributed by atoms with van der Waals surface area (Å²) in [6, 6.07) is 5.32. The van der Waals surface area contributed by atoms with Crippen molar-refractivity contribution in [2.45, 2.75) is 20.8 Å². The monoisotopic (exact) mass is 258 g/mol. The Morgan fingerprint density at radius 1 is 1.29 bits per heavy atom. The summed E-state index contributed by atoms with van der Waals surface area (Å²) >= 11 is 0. The highest BCUT2D eigenvalue weighted by molar-refractivity contribution is 7.84. The topological polar surface area (TPSA) is 72.6 Å². The molecule has 0 radical (unpaired) electrons. The molecule has 0 aromatic heterocycles. The van der Waals surface area contributed by atoms with Gasteiger partial charge in [-0.25, -0.2) is 0 Å². The van der Waals surface area contributed by atoms with Crippen LogP contribution in [-0.2, 0) is 10.3 Å². The molecule has 0 fully saturated rings. The molecule has 0 unspecified atom stereocenters. The fourth-order valence-corrected chi connectivity index (χ4v) is 2.07. The van der Waals surface area contributed by atoms with Gasteiger partial charge in [0.25, 0.3) is 0 Å². The summed E-state index contributed by atoms with van der Waals surface area (Å²) in [6.45, 7) is 7.70. The molecule has 0 spiro atoms. The predicted molar refractivity (Wildman–Crippen MR) is 68.5 cm³/mol. The zero-order valence-corrected chi connectivity index (χ0v) is 11.1. The van der Waals surface area contributed by atoms with E-state index in [0.29, 0.717) is 0 Å². The Labute approximate surface area is 102 Å². The van der Waals surface area contributed by atoms with Gasteiger partial charge in [0, 0.05) is 18.8 Å². The zero-order chi connectivity index (χ0) is 13.1. The number of hydrogen-bond donors (Lipinski definition) is 1. The van der Waals surface area contributed by atoms with Gasteiger partial charge in [-0.1, -0.05) is 0 Å². The van der Waals surface area contributed by atoms with E-state index >= 15 is 0 Å². The smallest absolute Gasteiger partial charge is 0.372 e. The van der Waals surface area contributed by atoms with Crippen LogP contribution in [0.15, 0.2) is 18.2 Å². The summed E-state index contributed by atoms with van der Waals surface area (Å²) in [6.07, 6.45) is 0. The highest BCUT2D eigenvalue weighted by Gasteiger charge is 2.10. The highest BCUT2D eigenvalue weighted by atomic mass is 32.2. The van der Waals surface area contributed by atoms with E-state index in [1.165, 1.54) is 0 Å². The molecule has 0 heterocycles. The van der Waals surface area contributed by atoms with Crippen molar-refractivity contribution in [3.8, 4) is 5.75 Å². The standard InChI is InChI=1S/C11H18N2O3S/c1-4-13(5-2)10-6-7-11(9(3)8-10)16-17(12,14)15/h6-8H,4-5H2,1-3H3,(H2,12,14,15). The van der Waals surface area contributed by atoms with Crippen LogP contribution in [0.5, 0.6) is 5.75 Å². The second-order valence-electron chi connectivity index (χ2n) is 3.70. The first-order valence-corrected chi connectivity index (χ1v) is 6.92. The van der Waals surface area contributed by atoms with Crippen molar-refractivity contribution in [1.29, 1.82) is 0 Å². The molecule has 1 aromatic rings. The van der Waals surface area contributed by atoms with Crippen molar-refractivity contribution in [1.82, 2.24) is 0 Å². The molecule has 1 rings (SSSR count). The molecule has 0 saturated carbocycles. The largest absolute Gasteiger partial charge is 0.380 e. The van der Waals surface area contributed by atoms with Crippen LogP contribution in [0, 0.1) is 6.92 Å². The van der Waals surface area contributed by atoms with Gasteiger partial charge < -0.3 is 9.08 Å². The van der Waals surface area contributed by atoms with Gasteiger partial charge in [0.05, 0.1) is 0 Å². The van der Waals surface area contributed by atoms with Crippen molar-refractivity contribution in [3.05, 3.63) is 23.8 Å². The van der Waals surface area contributed by atoms with E-state index in [1.54, 1.807) is 13.0 Å². The molecule has 17 heavy (non-hydrogen) atoms. The lowest BCUT2D eigenvalue weighted by molar-refractivity contribution is 0.486. The predicted octanol–water partition coefficient (Wildman–Crippen LogP) is 1.42. The van der Waals surface area contributed by atoms with E-state index in [0.717, 1.165) is 24.3 Å². The van der Waals surface area contributed by atoms with Crippen LogP contribution < -0.4 is 14.2 Å². The summed E-state index contributed by atoms with van der Waals surface area (Å²) < 4.78 is 26.3. The van der Waals surface area contributed by atoms with Crippen molar-refractivity contribution in [2.24, 2.45) is 5.14 Å². The second kappa shape index (κ2) is 5.37. The van der Waals surface area contributed by atoms with Gasteiger partial charge in [-0.3, -0.25) is 0 Å². The summed E-state index contributed by atoms with van der Waals surface area (Å²) in [5, 5.41) is 4.83. The lowest BCUT2D eigenvalue weighted by Gasteiger charge is -2.21. The molecule has 6 heteroatoms. The van der Waals surface area contributed by atoms with Crippen LogP contribution in [0.2, 0.25) is 0 Å². The third kappa shape index (κ3) is 3.90. The van der Waals surface area contributed by atoms with Crippen molar-refractivity contribution in [2.75, 3.05) is 18.0 Å². The van der Waals surface area contributed by atoms with Gasteiger partial charge in [0.2, 0.25) is 0 Å². The first kappa shape index (κ1) is 13.8. The Balaban J connectivity index is 3.01. The van der Waals surface area contributed by atoms with Crippen LogP contribution in [0.3, 0.4) is 0 Å². The fourth-order valence-electron chi connectivity index (χ4n) is 1.64. The molecule has 0 aliphatic heterocycles. The molecule has 0 aliphatic rings. The average Bonchev–Trinajstić information content (AvgIpc) is 2.22. The Morgan fingerprint density at radius 3 is 2.29 bits per heavy atom. The Morgan fingerprint density at radius 2 is 1.88 bits per heavy atom. The van der Waals surface area contributed by atoms with E-state index in [-0.39, 0.29) is 5.75 Å². The van der Waals surface area contributed by atoms with E-state index < -0.39 is 10.3 Å². The van der Waals surface area contributed by atoms with Crippen LogP contribution in [-0.4, -0.2) is 21.5 Å². The molecule has 2 N–H and O–H groups in total. The van der Waals surface area contributed by atoms with Gasteiger partial charge in [0.15, 0.2) is 0 Å². The minimum Gasteiger partial charge on any atom is -0.372 e. The van der Waals surface area contributed by atoms with Crippen molar-refractivity contribution < 1.29 is 12.6 Å². The van der Waals surface area contributed by atoms with Crippen LogP contribution in [0.1, 0.15) is 19.4 Å². The van der Waals surface area contributed by atoms with E-state index in [1.807, 2.05) is 12.1 Å². The number of benzene rings is 1. The average molecular weight is 258 g/mol. The molecule has 0 amide bonds. The number of anilines is 1. The molecule has 0 atom stereocenters. The van der Waals surface area contributed by atoms with Crippen LogP contribution >= 0.6 is 0 Å². The van der Waals surface area contributed by atoms with E-state index in [9.17, 15) is 8.42 Å². The molecule has 0 saturated heterocycles. The number of aryl methyl sites for hydroxylation is 1. The third-order valence-corrected chi connectivity index (χ3v) is 2.90. The van der Waals surface area contributed by atoms with Crippen molar-refractivity contribution in [3.63, 3.8) is 0 Å². The lowest BCUT2D eigenvalue weighted by atomic mass is 10.2. The molecular formula is C11H18N2O3S. The molecule has 0 bridgehead atoms. The second-order valence-corrected chi connectivity index (χ2v) is 4.85. The first-order chi connectivity index (χ1) is 7.87.